The normalized spacial score (nSPS) is 20.1. The molecule has 11 heteroatoms. The molecule has 11 nitrogen and oxygen atoms in total. The van der Waals surface area contributed by atoms with Crippen molar-refractivity contribution in [3.05, 3.63) is 52.9 Å². The summed E-state index contributed by atoms with van der Waals surface area (Å²) in [5.74, 6) is -1.26. The fourth-order valence-electron chi connectivity index (χ4n) is 4.48. The highest BCUT2D eigenvalue weighted by Gasteiger charge is 2.39. The number of aromatic nitrogens is 3. The zero-order valence-electron chi connectivity index (χ0n) is 18.7. The van der Waals surface area contributed by atoms with Gasteiger partial charge >= 0.3 is 0 Å². The Balaban J connectivity index is 1.30. The van der Waals surface area contributed by atoms with Crippen molar-refractivity contribution in [2.75, 3.05) is 26.8 Å². The van der Waals surface area contributed by atoms with Crippen molar-refractivity contribution in [2.45, 2.75) is 31.8 Å². The third kappa shape index (κ3) is 4.10. The average Bonchev–Trinajstić information content (AvgIpc) is 3.44. The van der Waals surface area contributed by atoms with Crippen LogP contribution in [0.1, 0.15) is 45.7 Å². The van der Waals surface area contributed by atoms with Gasteiger partial charge in [0.15, 0.2) is 5.69 Å². The third-order valence-corrected chi connectivity index (χ3v) is 6.25. The van der Waals surface area contributed by atoms with Gasteiger partial charge in [0.2, 0.25) is 11.8 Å². The number of ether oxygens (including phenoxy) is 1. The second-order valence-electron chi connectivity index (χ2n) is 8.65. The molecule has 34 heavy (non-hydrogen) atoms. The largest absolute Gasteiger partial charge is 0.377 e. The number of carbonyl (C=O) groups is 4. The molecule has 1 atom stereocenters. The molecular formula is C23H24N6O5. The van der Waals surface area contributed by atoms with Gasteiger partial charge in [-0.15, -0.1) is 5.10 Å². The maximum absolute atomic E-state index is 12.9. The van der Waals surface area contributed by atoms with Crippen LogP contribution in [-0.4, -0.2) is 81.3 Å². The number of hydrogen-bond acceptors (Lipinski definition) is 7. The standard InChI is InChI=1S/C23H24N6O5/c1-27(10-14-3-2-8-34-13-14)23(33)18-12-29(26-25-18)16-4-5-17-15(9-16)11-28(22(17)32)19-6-7-20(30)24-21(19)31/h3-5,9,12,19H,2,6-8,10-11,13H2,1H3,(H,24,30,31). The number of piperidine rings is 1. The summed E-state index contributed by atoms with van der Waals surface area (Å²) in [7, 11) is 1.71. The van der Waals surface area contributed by atoms with Crippen LogP contribution >= 0.6 is 0 Å². The van der Waals surface area contributed by atoms with Gasteiger partial charge in [-0.05, 0) is 42.2 Å². The van der Waals surface area contributed by atoms with E-state index in [0.29, 0.717) is 37.4 Å². The van der Waals surface area contributed by atoms with Crippen LogP contribution in [0.5, 0.6) is 0 Å². The van der Waals surface area contributed by atoms with Crippen molar-refractivity contribution >= 4 is 23.6 Å². The van der Waals surface area contributed by atoms with E-state index in [4.69, 9.17) is 4.74 Å². The molecule has 4 amide bonds. The molecule has 1 fully saturated rings. The number of nitrogens with zero attached hydrogens (tertiary/aromatic N) is 5. The lowest BCUT2D eigenvalue weighted by molar-refractivity contribution is -0.136. The van der Waals surface area contributed by atoms with Crippen LogP contribution in [-0.2, 0) is 20.9 Å². The summed E-state index contributed by atoms with van der Waals surface area (Å²) in [4.78, 5) is 52.4. The Morgan fingerprint density at radius 2 is 2.15 bits per heavy atom. The molecule has 3 aliphatic heterocycles. The molecule has 176 valence electrons. The Labute approximate surface area is 195 Å². The molecule has 0 radical (unpaired) electrons. The molecule has 0 aliphatic carbocycles. The molecule has 0 saturated carbocycles. The van der Waals surface area contributed by atoms with Crippen molar-refractivity contribution in [1.82, 2.24) is 30.1 Å². The number of likely N-dealkylation sites (N-methyl/N-ethyl adjacent to an activating group) is 1. The first-order chi connectivity index (χ1) is 16.4. The minimum atomic E-state index is -0.670. The Kier molecular flexibility index (Phi) is 5.70. The van der Waals surface area contributed by atoms with Gasteiger partial charge in [-0.25, -0.2) is 4.68 Å². The van der Waals surface area contributed by atoms with Gasteiger partial charge in [0.25, 0.3) is 11.8 Å². The number of rotatable bonds is 5. The van der Waals surface area contributed by atoms with E-state index in [1.165, 1.54) is 9.58 Å². The summed E-state index contributed by atoms with van der Waals surface area (Å²) in [5.41, 5.74) is 3.17. The zero-order valence-corrected chi connectivity index (χ0v) is 18.7. The number of nitrogens with one attached hydrogen (secondary N) is 1. The lowest BCUT2D eigenvalue weighted by Crippen LogP contribution is -2.52. The van der Waals surface area contributed by atoms with Crippen molar-refractivity contribution in [3.63, 3.8) is 0 Å². The van der Waals surface area contributed by atoms with Gasteiger partial charge in [0.1, 0.15) is 6.04 Å². The van der Waals surface area contributed by atoms with Crippen LogP contribution in [0, 0.1) is 0 Å². The first-order valence-corrected chi connectivity index (χ1v) is 11.1. The monoisotopic (exact) mass is 464 g/mol. The van der Waals surface area contributed by atoms with Gasteiger partial charge < -0.3 is 14.5 Å². The number of fused-ring (bicyclic) bond motifs is 1. The fourth-order valence-corrected chi connectivity index (χ4v) is 4.48. The average molecular weight is 464 g/mol. The van der Waals surface area contributed by atoms with E-state index < -0.39 is 11.9 Å². The second kappa shape index (κ2) is 8.82. The molecular weight excluding hydrogens is 440 g/mol. The maximum atomic E-state index is 12.9. The summed E-state index contributed by atoms with van der Waals surface area (Å²) in [6, 6.07) is 4.54. The van der Waals surface area contributed by atoms with Gasteiger partial charge in [0.05, 0.1) is 25.1 Å². The minimum absolute atomic E-state index is 0.205. The highest BCUT2D eigenvalue weighted by atomic mass is 16.5. The Bertz CT molecular complexity index is 1220. The van der Waals surface area contributed by atoms with E-state index >= 15 is 0 Å². The predicted octanol–water partition coefficient (Wildman–Crippen LogP) is 0.447. The quantitative estimate of drug-likeness (QED) is 0.503. The topological polar surface area (TPSA) is 127 Å². The molecule has 1 saturated heterocycles. The molecule has 4 heterocycles. The van der Waals surface area contributed by atoms with Crippen LogP contribution in [0.25, 0.3) is 5.69 Å². The third-order valence-electron chi connectivity index (χ3n) is 6.25. The molecule has 0 bridgehead atoms. The number of carbonyl (C=O) groups excluding carboxylic acids is 4. The molecule has 2 aromatic rings. The summed E-state index contributed by atoms with van der Waals surface area (Å²) < 4.78 is 6.92. The predicted molar refractivity (Wildman–Crippen MR) is 118 cm³/mol. The minimum Gasteiger partial charge on any atom is -0.377 e. The van der Waals surface area contributed by atoms with Gasteiger partial charge in [-0.1, -0.05) is 11.3 Å². The fraction of sp³-hybridized carbons (Fsp3) is 0.391. The van der Waals surface area contributed by atoms with Crippen LogP contribution < -0.4 is 5.32 Å². The molecule has 0 spiro atoms. The molecule has 3 aliphatic rings. The highest BCUT2D eigenvalue weighted by Crippen LogP contribution is 2.29. The first kappa shape index (κ1) is 22.0. The van der Waals surface area contributed by atoms with Crippen LogP contribution in [0.2, 0.25) is 0 Å². The zero-order chi connectivity index (χ0) is 23.8. The van der Waals surface area contributed by atoms with E-state index in [0.717, 1.165) is 17.6 Å². The van der Waals surface area contributed by atoms with E-state index in [2.05, 4.69) is 21.7 Å². The number of imide groups is 1. The summed E-state index contributed by atoms with van der Waals surface area (Å²) in [6.45, 7) is 1.94. The van der Waals surface area contributed by atoms with E-state index in [-0.39, 0.29) is 36.4 Å². The van der Waals surface area contributed by atoms with Gasteiger partial charge in [0, 0.05) is 32.1 Å². The van der Waals surface area contributed by atoms with E-state index in [1.54, 1.807) is 36.3 Å². The Hall–Kier alpha value is -3.86. The van der Waals surface area contributed by atoms with E-state index in [1.807, 2.05) is 0 Å². The lowest BCUT2D eigenvalue weighted by atomic mass is 10.0. The van der Waals surface area contributed by atoms with Crippen LogP contribution in [0.4, 0.5) is 0 Å². The Morgan fingerprint density at radius 3 is 2.91 bits per heavy atom. The Morgan fingerprint density at radius 1 is 1.29 bits per heavy atom. The summed E-state index contributed by atoms with van der Waals surface area (Å²) in [6.07, 6.45) is 5.00. The second-order valence-corrected chi connectivity index (χ2v) is 8.65. The smallest absolute Gasteiger partial charge is 0.276 e. The molecule has 1 N–H and O–H groups in total. The number of benzene rings is 1. The van der Waals surface area contributed by atoms with Gasteiger partial charge in [-0.2, -0.15) is 0 Å². The van der Waals surface area contributed by atoms with Crippen molar-refractivity contribution in [3.8, 4) is 5.69 Å². The van der Waals surface area contributed by atoms with Crippen LogP contribution in [0.3, 0.4) is 0 Å². The number of amides is 4. The molecule has 5 rings (SSSR count). The van der Waals surface area contributed by atoms with Crippen molar-refractivity contribution in [2.24, 2.45) is 0 Å². The van der Waals surface area contributed by atoms with E-state index in [9.17, 15) is 19.2 Å². The SMILES string of the molecule is CN(CC1=CCCOC1)C(=O)c1cn(-c2ccc3c(c2)CN(C2CCC(=O)NC2=O)C3=O)nn1. The van der Waals surface area contributed by atoms with Crippen LogP contribution in [0.15, 0.2) is 36.0 Å². The summed E-state index contributed by atoms with van der Waals surface area (Å²) in [5, 5.41) is 10.4. The lowest BCUT2D eigenvalue weighted by Gasteiger charge is -2.29. The summed E-state index contributed by atoms with van der Waals surface area (Å²) >= 11 is 0. The number of hydrogen-bond donors (Lipinski definition) is 1. The molecule has 1 unspecified atom stereocenters. The first-order valence-electron chi connectivity index (χ1n) is 11.1. The van der Waals surface area contributed by atoms with Crippen molar-refractivity contribution in [1.29, 1.82) is 0 Å². The maximum Gasteiger partial charge on any atom is 0.276 e. The molecule has 1 aromatic carbocycles. The van der Waals surface area contributed by atoms with Crippen molar-refractivity contribution < 1.29 is 23.9 Å². The molecule has 1 aromatic heterocycles. The van der Waals surface area contributed by atoms with Gasteiger partial charge in [-0.3, -0.25) is 24.5 Å². The highest BCUT2D eigenvalue weighted by molar-refractivity contribution is 6.05.